The van der Waals surface area contributed by atoms with Gasteiger partial charge < -0.3 is 15.8 Å². The molecule has 0 bridgehead atoms. The van der Waals surface area contributed by atoms with Crippen LogP contribution in [0.4, 0.5) is 4.39 Å². The fourth-order valence-corrected chi connectivity index (χ4v) is 1.84. The van der Waals surface area contributed by atoms with Crippen molar-refractivity contribution >= 4 is 29.9 Å². The van der Waals surface area contributed by atoms with Crippen molar-refractivity contribution in [2.45, 2.75) is 13.5 Å². The largest absolute Gasteiger partial charge is 0.457 e. The van der Waals surface area contributed by atoms with E-state index in [-0.39, 0.29) is 29.8 Å². The van der Waals surface area contributed by atoms with E-state index in [4.69, 9.17) is 10.5 Å². The van der Waals surface area contributed by atoms with E-state index in [0.717, 1.165) is 16.9 Å². The van der Waals surface area contributed by atoms with Crippen LogP contribution in [0.1, 0.15) is 11.1 Å². The maximum Gasteiger partial charge on any atom is 0.188 e. The van der Waals surface area contributed by atoms with Crippen molar-refractivity contribution in [2.75, 3.05) is 7.05 Å². The molecule has 0 atom stereocenters. The molecule has 0 saturated heterocycles. The van der Waals surface area contributed by atoms with Crippen molar-refractivity contribution in [3.05, 3.63) is 59.4 Å². The van der Waals surface area contributed by atoms with E-state index in [9.17, 15) is 4.39 Å². The van der Waals surface area contributed by atoms with E-state index < -0.39 is 0 Å². The summed E-state index contributed by atoms with van der Waals surface area (Å²) in [6, 6.07) is 11.8. The highest BCUT2D eigenvalue weighted by molar-refractivity contribution is 14.0. The molecule has 0 heterocycles. The summed E-state index contributed by atoms with van der Waals surface area (Å²) in [6.45, 7) is 2.56. The van der Waals surface area contributed by atoms with Crippen LogP contribution in [0.3, 0.4) is 0 Å². The van der Waals surface area contributed by atoms with Crippen LogP contribution in [0, 0.1) is 12.7 Å². The second kappa shape index (κ2) is 8.57. The number of nitrogens with zero attached hydrogens (tertiary/aromatic N) is 1. The van der Waals surface area contributed by atoms with E-state index in [0.29, 0.717) is 18.3 Å². The van der Waals surface area contributed by atoms with Crippen molar-refractivity contribution in [1.29, 1.82) is 0 Å². The average molecular weight is 415 g/mol. The zero-order chi connectivity index (χ0) is 15.2. The van der Waals surface area contributed by atoms with Crippen LogP contribution >= 0.6 is 24.0 Å². The van der Waals surface area contributed by atoms with Gasteiger partial charge in [0.05, 0.1) is 0 Å². The van der Waals surface area contributed by atoms with Gasteiger partial charge in [-0.25, -0.2) is 4.39 Å². The van der Waals surface area contributed by atoms with Crippen LogP contribution in [0.2, 0.25) is 0 Å². The number of ether oxygens (including phenoxy) is 1. The molecule has 2 aromatic carbocycles. The number of nitrogens with one attached hydrogen (secondary N) is 1. The lowest BCUT2D eigenvalue weighted by Crippen LogP contribution is -2.30. The highest BCUT2D eigenvalue weighted by Crippen LogP contribution is 2.25. The zero-order valence-electron chi connectivity index (χ0n) is 12.5. The van der Waals surface area contributed by atoms with Crippen LogP contribution in [0.25, 0.3) is 0 Å². The van der Waals surface area contributed by atoms with Gasteiger partial charge in [-0.05, 0) is 48.4 Å². The predicted molar refractivity (Wildman–Crippen MR) is 97.5 cm³/mol. The molecule has 0 saturated carbocycles. The number of hydrogen-bond acceptors (Lipinski definition) is 2. The van der Waals surface area contributed by atoms with E-state index in [1.807, 2.05) is 25.1 Å². The first-order valence-corrected chi connectivity index (χ1v) is 6.57. The molecular weight excluding hydrogens is 396 g/mol. The van der Waals surface area contributed by atoms with Crippen molar-refractivity contribution < 1.29 is 9.13 Å². The zero-order valence-corrected chi connectivity index (χ0v) is 14.8. The third kappa shape index (κ3) is 5.18. The molecule has 3 N–H and O–H groups in total. The van der Waals surface area contributed by atoms with Crippen LogP contribution in [0.15, 0.2) is 47.5 Å². The lowest BCUT2D eigenvalue weighted by atomic mass is 10.1. The van der Waals surface area contributed by atoms with E-state index in [1.54, 1.807) is 19.2 Å². The molecule has 0 aromatic heterocycles. The van der Waals surface area contributed by atoms with Gasteiger partial charge in [-0.3, -0.25) is 4.99 Å². The molecule has 2 rings (SSSR count). The quantitative estimate of drug-likeness (QED) is 0.456. The van der Waals surface area contributed by atoms with Gasteiger partial charge >= 0.3 is 0 Å². The Bertz CT molecular complexity index is 644. The molecule has 0 radical (unpaired) electrons. The van der Waals surface area contributed by atoms with Gasteiger partial charge in [0.2, 0.25) is 0 Å². The number of aryl methyl sites for hydroxylation is 1. The topological polar surface area (TPSA) is 59.6 Å². The monoisotopic (exact) mass is 415 g/mol. The highest BCUT2D eigenvalue weighted by atomic mass is 127. The molecule has 0 aliphatic rings. The van der Waals surface area contributed by atoms with Gasteiger partial charge in [0.1, 0.15) is 17.3 Å². The van der Waals surface area contributed by atoms with E-state index in [1.165, 1.54) is 12.1 Å². The molecule has 0 aliphatic carbocycles. The molecule has 4 nitrogen and oxygen atoms in total. The van der Waals surface area contributed by atoms with Gasteiger partial charge in [0.25, 0.3) is 0 Å². The fourth-order valence-electron chi connectivity index (χ4n) is 1.84. The molecule has 6 heteroatoms. The Kier molecular flexibility index (Phi) is 7.10. The average Bonchev–Trinajstić information content (AvgIpc) is 2.49. The Morgan fingerprint density at radius 2 is 1.91 bits per heavy atom. The minimum absolute atomic E-state index is 0. The van der Waals surface area contributed by atoms with Crippen molar-refractivity contribution in [1.82, 2.24) is 5.32 Å². The Hall–Kier alpha value is -1.83. The summed E-state index contributed by atoms with van der Waals surface area (Å²) in [4.78, 5) is 3.83. The minimum Gasteiger partial charge on any atom is -0.457 e. The number of aliphatic imine (C=N–C) groups is 1. The lowest BCUT2D eigenvalue weighted by Gasteiger charge is -2.11. The van der Waals surface area contributed by atoms with Gasteiger partial charge in [-0.15, -0.1) is 24.0 Å². The summed E-state index contributed by atoms with van der Waals surface area (Å²) in [5, 5.41) is 3.00. The lowest BCUT2D eigenvalue weighted by molar-refractivity contribution is 0.476. The number of benzene rings is 2. The van der Waals surface area contributed by atoms with Crippen LogP contribution in [-0.2, 0) is 6.54 Å². The molecule has 0 unspecified atom stereocenters. The van der Waals surface area contributed by atoms with Crippen molar-refractivity contribution in [3.8, 4) is 11.5 Å². The molecule has 22 heavy (non-hydrogen) atoms. The number of halogens is 2. The Balaban J connectivity index is 0.00000242. The van der Waals surface area contributed by atoms with Gasteiger partial charge in [0, 0.05) is 13.6 Å². The first-order chi connectivity index (χ1) is 10.1. The van der Waals surface area contributed by atoms with Gasteiger partial charge in [-0.1, -0.05) is 12.1 Å². The summed E-state index contributed by atoms with van der Waals surface area (Å²) in [6.07, 6.45) is 0. The molecule has 0 spiro atoms. The first-order valence-electron chi connectivity index (χ1n) is 6.57. The fraction of sp³-hybridized carbons (Fsp3) is 0.188. The summed E-state index contributed by atoms with van der Waals surface area (Å²) in [7, 11) is 1.63. The Labute approximate surface area is 146 Å². The van der Waals surface area contributed by atoms with Crippen molar-refractivity contribution in [3.63, 3.8) is 0 Å². The minimum atomic E-state index is -0.282. The van der Waals surface area contributed by atoms with Crippen LogP contribution in [0.5, 0.6) is 11.5 Å². The molecule has 0 aliphatic heterocycles. The number of rotatable bonds is 4. The number of hydrogen-bond donors (Lipinski definition) is 2. The van der Waals surface area contributed by atoms with Gasteiger partial charge in [0.15, 0.2) is 5.96 Å². The van der Waals surface area contributed by atoms with Crippen LogP contribution in [-0.4, -0.2) is 13.0 Å². The second-order valence-corrected chi connectivity index (χ2v) is 4.62. The normalized spacial score (nSPS) is 10.8. The molecule has 0 amide bonds. The third-order valence-corrected chi connectivity index (χ3v) is 3.00. The summed E-state index contributed by atoms with van der Waals surface area (Å²) in [5.41, 5.74) is 7.65. The maximum atomic E-state index is 12.9. The number of guanidine groups is 1. The standard InChI is InChI=1S/C16H18FN3O.HI/c1-11-9-12(10-20-16(18)19-2)3-8-15(11)21-14-6-4-13(17)5-7-14;/h3-9H,10H2,1-2H3,(H3,18,19,20);1H. The molecular formula is C16H19FIN3O. The predicted octanol–water partition coefficient (Wildman–Crippen LogP) is 3.58. The highest BCUT2D eigenvalue weighted by Gasteiger charge is 2.04. The molecule has 0 fully saturated rings. The Morgan fingerprint density at radius 3 is 2.50 bits per heavy atom. The van der Waals surface area contributed by atoms with E-state index in [2.05, 4.69) is 10.3 Å². The Morgan fingerprint density at radius 1 is 1.23 bits per heavy atom. The summed E-state index contributed by atoms with van der Waals surface area (Å²) >= 11 is 0. The second-order valence-electron chi connectivity index (χ2n) is 4.62. The molecule has 2 aromatic rings. The van der Waals surface area contributed by atoms with Gasteiger partial charge in [-0.2, -0.15) is 0 Å². The van der Waals surface area contributed by atoms with Crippen LogP contribution < -0.4 is 15.8 Å². The summed E-state index contributed by atoms with van der Waals surface area (Å²) in [5.74, 6) is 1.46. The van der Waals surface area contributed by atoms with Crippen molar-refractivity contribution in [2.24, 2.45) is 10.7 Å². The molecule has 118 valence electrons. The number of nitrogens with two attached hydrogens (primary N) is 1. The first kappa shape index (κ1) is 18.2. The maximum absolute atomic E-state index is 12.9. The van der Waals surface area contributed by atoms with E-state index >= 15 is 0 Å². The SMILES string of the molecule is CN=C(N)NCc1ccc(Oc2ccc(F)cc2)c(C)c1.I. The third-order valence-electron chi connectivity index (χ3n) is 3.00. The smallest absolute Gasteiger partial charge is 0.188 e. The summed E-state index contributed by atoms with van der Waals surface area (Å²) < 4.78 is 18.6.